The average Bonchev–Trinajstić information content (AvgIpc) is 2.62. The van der Waals surface area contributed by atoms with E-state index in [1.54, 1.807) is 30.3 Å². The summed E-state index contributed by atoms with van der Waals surface area (Å²) in [6.45, 7) is 1.28. The zero-order chi connectivity index (χ0) is 19.1. The Labute approximate surface area is 150 Å². The summed E-state index contributed by atoms with van der Waals surface area (Å²) < 4.78 is 15.6. The maximum Gasteiger partial charge on any atom is 0.308 e. The van der Waals surface area contributed by atoms with Crippen molar-refractivity contribution in [3.8, 4) is 23.0 Å². The summed E-state index contributed by atoms with van der Waals surface area (Å²) in [5.41, 5.74) is 1.17. The molecule has 2 N–H and O–H groups in total. The largest absolute Gasteiger partial charge is 0.508 e. The molecule has 0 aliphatic heterocycles. The van der Waals surface area contributed by atoms with Gasteiger partial charge >= 0.3 is 5.97 Å². The van der Waals surface area contributed by atoms with Gasteiger partial charge in [0.2, 0.25) is 11.7 Å². The van der Waals surface area contributed by atoms with Crippen LogP contribution in [0.3, 0.4) is 0 Å². The SMILES string of the molecule is COc1cc(C=CC(=O)Nc2ccc(O)cc2)cc(OC)c1OC(C)=O. The molecule has 1 amide bonds. The normalized spacial score (nSPS) is 10.4. The first-order chi connectivity index (χ1) is 12.4. The van der Waals surface area contributed by atoms with Crippen molar-refractivity contribution in [2.75, 3.05) is 19.5 Å². The van der Waals surface area contributed by atoms with E-state index in [4.69, 9.17) is 14.2 Å². The molecule has 0 bridgehead atoms. The van der Waals surface area contributed by atoms with Crippen LogP contribution < -0.4 is 19.5 Å². The van der Waals surface area contributed by atoms with Crippen LogP contribution in [0.5, 0.6) is 23.0 Å². The molecule has 0 saturated heterocycles. The number of methoxy groups -OCH3 is 2. The Morgan fingerprint density at radius 2 is 1.62 bits per heavy atom. The topological polar surface area (TPSA) is 94.1 Å². The molecule has 2 rings (SSSR count). The summed E-state index contributed by atoms with van der Waals surface area (Å²) in [7, 11) is 2.87. The standard InChI is InChI=1S/C19H19NO6/c1-12(21)26-19-16(24-2)10-13(11-17(19)25-3)4-9-18(23)20-14-5-7-15(22)8-6-14/h4-11,22H,1-3H3,(H,20,23). The molecule has 0 saturated carbocycles. The number of aromatic hydroxyl groups is 1. The second-order valence-electron chi connectivity index (χ2n) is 5.22. The first-order valence-corrected chi connectivity index (χ1v) is 7.65. The summed E-state index contributed by atoms with van der Waals surface area (Å²) in [4.78, 5) is 23.2. The van der Waals surface area contributed by atoms with Gasteiger partial charge < -0.3 is 24.6 Å². The van der Waals surface area contributed by atoms with Crippen molar-refractivity contribution in [3.05, 3.63) is 48.0 Å². The summed E-state index contributed by atoms with van der Waals surface area (Å²) in [6, 6.07) is 9.35. The molecule has 7 nitrogen and oxygen atoms in total. The number of esters is 1. The van der Waals surface area contributed by atoms with E-state index < -0.39 is 5.97 Å². The molecule has 136 valence electrons. The Bertz CT molecular complexity index is 801. The van der Waals surface area contributed by atoms with Gasteiger partial charge in [-0.2, -0.15) is 0 Å². The third-order valence-corrected chi connectivity index (χ3v) is 3.29. The lowest BCUT2D eigenvalue weighted by Crippen LogP contribution is -2.07. The van der Waals surface area contributed by atoms with Gasteiger partial charge in [0.15, 0.2) is 11.5 Å². The van der Waals surface area contributed by atoms with Crippen LogP contribution in [-0.4, -0.2) is 31.2 Å². The number of hydrogen-bond acceptors (Lipinski definition) is 6. The van der Waals surface area contributed by atoms with E-state index in [2.05, 4.69) is 5.32 Å². The average molecular weight is 357 g/mol. The molecular formula is C19H19NO6. The number of anilines is 1. The maximum atomic E-state index is 12.0. The minimum atomic E-state index is -0.502. The zero-order valence-electron chi connectivity index (χ0n) is 14.6. The number of phenolic OH excluding ortho intramolecular Hbond substituents is 1. The molecule has 7 heteroatoms. The predicted octanol–water partition coefficient (Wildman–Crippen LogP) is 2.99. The third-order valence-electron chi connectivity index (χ3n) is 3.29. The Morgan fingerprint density at radius 1 is 1.04 bits per heavy atom. The first kappa shape index (κ1) is 18.9. The van der Waals surface area contributed by atoms with E-state index in [1.807, 2.05) is 0 Å². The van der Waals surface area contributed by atoms with Crippen molar-refractivity contribution in [1.29, 1.82) is 0 Å². The highest BCUT2D eigenvalue weighted by molar-refractivity contribution is 6.02. The smallest absolute Gasteiger partial charge is 0.308 e. The van der Waals surface area contributed by atoms with Gasteiger partial charge in [0.05, 0.1) is 14.2 Å². The molecule has 0 radical (unpaired) electrons. The first-order valence-electron chi connectivity index (χ1n) is 7.65. The van der Waals surface area contributed by atoms with Gasteiger partial charge in [0, 0.05) is 18.7 Å². The Hall–Kier alpha value is -3.48. The van der Waals surface area contributed by atoms with Gasteiger partial charge in [-0.15, -0.1) is 0 Å². The van der Waals surface area contributed by atoms with E-state index in [-0.39, 0.29) is 17.4 Å². The van der Waals surface area contributed by atoms with E-state index in [9.17, 15) is 14.7 Å². The third kappa shape index (κ3) is 5.01. The zero-order valence-corrected chi connectivity index (χ0v) is 14.6. The number of amides is 1. The highest BCUT2D eigenvalue weighted by Crippen LogP contribution is 2.39. The van der Waals surface area contributed by atoms with Crippen LogP contribution in [0.4, 0.5) is 5.69 Å². The van der Waals surface area contributed by atoms with Crippen molar-refractivity contribution < 1.29 is 28.9 Å². The Kier molecular flexibility index (Phi) is 6.21. The Morgan fingerprint density at radius 3 is 2.12 bits per heavy atom. The van der Waals surface area contributed by atoms with Crippen LogP contribution in [0.15, 0.2) is 42.5 Å². The fraction of sp³-hybridized carbons (Fsp3) is 0.158. The molecule has 0 fully saturated rings. The number of carbonyl (C=O) groups excluding carboxylic acids is 2. The Balaban J connectivity index is 2.19. The maximum absolute atomic E-state index is 12.0. The number of ether oxygens (including phenoxy) is 3. The molecule has 26 heavy (non-hydrogen) atoms. The minimum Gasteiger partial charge on any atom is -0.508 e. The quantitative estimate of drug-likeness (QED) is 0.357. The number of carbonyl (C=O) groups is 2. The summed E-state index contributed by atoms with van der Waals surface area (Å²) in [5.74, 6) is 0.0472. The fourth-order valence-electron chi connectivity index (χ4n) is 2.14. The van der Waals surface area contributed by atoms with Crippen molar-refractivity contribution in [3.63, 3.8) is 0 Å². The number of nitrogens with one attached hydrogen (secondary N) is 1. The molecular weight excluding hydrogens is 338 g/mol. The summed E-state index contributed by atoms with van der Waals surface area (Å²) in [5, 5.41) is 11.9. The van der Waals surface area contributed by atoms with Crippen molar-refractivity contribution in [1.82, 2.24) is 0 Å². The molecule has 0 aliphatic rings. The highest BCUT2D eigenvalue weighted by atomic mass is 16.6. The number of phenols is 1. The second kappa shape index (κ2) is 8.57. The monoisotopic (exact) mass is 357 g/mol. The summed E-state index contributed by atoms with van der Waals surface area (Å²) in [6.07, 6.45) is 2.91. The van der Waals surface area contributed by atoms with Gasteiger partial charge in [-0.25, -0.2) is 0 Å². The number of benzene rings is 2. The van der Waals surface area contributed by atoms with Gasteiger partial charge in [-0.1, -0.05) is 0 Å². The van der Waals surface area contributed by atoms with E-state index >= 15 is 0 Å². The van der Waals surface area contributed by atoms with Crippen molar-refractivity contribution >= 4 is 23.6 Å². The fourth-order valence-corrected chi connectivity index (χ4v) is 2.14. The van der Waals surface area contributed by atoms with Gasteiger partial charge in [-0.3, -0.25) is 9.59 Å². The number of rotatable bonds is 6. The highest BCUT2D eigenvalue weighted by Gasteiger charge is 2.15. The van der Waals surface area contributed by atoms with Crippen molar-refractivity contribution in [2.45, 2.75) is 6.92 Å². The molecule has 0 spiro atoms. The molecule has 0 atom stereocenters. The van der Waals surface area contributed by atoms with Crippen LogP contribution in [-0.2, 0) is 9.59 Å². The van der Waals surface area contributed by atoms with Crippen molar-refractivity contribution in [2.24, 2.45) is 0 Å². The van der Waals surface area contributed by atoms with E-state index in [0.717, 1.165) is 0 Å². The molecule has 0 unspecified atom stereocenters. The van der Waals surface area contributed by atoms with Gasteiger partial charge in [-0.05, 0) is 48.0 Å². The van der Waals surface area contributed by atoms with Gasteiger partial charge in [0.25, 0.3) is 0 Å². The lowest BCUT2D eigenvalue weighted by molar-refractivity contribution is -0.132. The predicted molar refractivity (Wildman–Crippen MR) is 96.6 cm³/mol. The molecule has 0 heterocycles. The molecule has 2 aromatic rings. The molecule has 0 aromatic heterocycles. The van der Waals surface area contributed by atoms with Crippen LogP contribution in [0, 0.1) is 0 Å². The lowest BCUT2D eigenvalue weighted by atomic mass is 10.1. The van der Waals surface area contributed by atoms with E-state index in [0.29, 0.717) is 22.7 Å². The number of hydrogen-bond donors (Lipinski definition) is 2. The molecule has 0 aliphatic carbocycles. The molecule has 2 aromatic carbocycles. The van der Waals surface area contributed by atoms with Crippen LogP contribution in [0.25, 0.3) is 6.08 Å². The second-order valence-corrected chi connectivity index (χ2v) is 5.22. The minimum absolute atomic E-state index is 0.116. The van der Waals surface area contributed by atoms with Crippen LogP contribution >= 0.6 is 0 Å². The lowest BCUT2D eigenvalue weighted by Gasteiger charge is -2.13. The van der Waals surface area contributed by atoms with Gasteiger partial charge in [0.1, 0.15) is 5.75 Å². The van der Waals surface area contributed by atoms with Crippen LogP contribution in [0.1, 0.15) is 12.5 Å². The van der Waals surface area contributed by atoms with Crippen LogP contribution in [0.2, 0.25) is 0 Å². The van der Waals surface area contributed by atoms with E-state index in [1.165, 1.54) is 39.4 Å². The summed E-state index contributed by atoms with van der Waals surface area (Å²) >= 11 is 0.